The van der Waals surface area contributed by atoms with Crippen LogP contribution in [0, 0.1) is 0 Å². The van der Waals surface area contributed by atoms with Gasteiger partial charge in [-0.3, -0.25) is 9.59 Å². The molecule has 1 aromatic carbocycles. The van der Waals surface area contributed by atoms with Crippen molar-refractivity contribution in [1.82, 2.24) is 4.90 Å². The van der Waals surface area contributed by atoms with Crippen LogP contribution in [0.3, 0.4) is 0 Å². The Labute approximate surface area is 122 Å². The summed E-state index contributed by atoms with van der Waals surface area (Å²) in [4.78, 5) is 24.9. The van der Waals surface area contributed by atoms with Gasteiger partial charge in [0.2, 0.25) is 5.91 Å². The van der Waals surface area contributed by atoms with Gasteiger partial charge in [0.1, 0.15) is 11.8 Å². The molecule has 1 atom stereocenters. The molecule has 2 rings (SSSR count). The third kappa shape index (κ3) is 3.71. The number of para-hydroxylation sites is 1. The molecule has 114 valence electrons. The number of amides is 2. The molecule has 0 radical (unpaired) electrons. The topological polar surface area (TPSA) is 108 Å². The van der Waals surface area contributed by atoms with Crippen LogP contribution < -0.4 is 16.2 Å². The molecule has 0 aromatic heterocycles. The van der Waals surface area contributed by atoms with Gasteiger partial charge in [0.05, 0.1) is 13.2 Å². The Balaban J connectivity index is 1.99. The van der Waals surface area contributed by atoms with Crippen LogP contribution in [0.25, 0.3) is 0 Å². The number of carbonyl (C=O) groups excluding carboxylic acids is 2. The third-order valence-electron chi connectivity index (χ3n) is 3.32. The second-order valence-corrected chi connectivity index (χ2v) is 4.68. The molecule has 1 fully saturated rings. The number of rotatable bonds is 5. The van der Waals surface area contributed by atoms with Crippen molar-refractivity contribution < 1.29 is 19.1 Å². The zero-order valence-corrected chi connectivity index (χ0v) is 11.7. The zero-order valence-electron chi connectivity index (χ0n) is 11.7. The Hall–Kier alpha value is -2.12. The van der Waals surface area contributed by atoms with E-state index in [-0.39, 0.29) is 19.1 Å². The van der Waals surface area contributed by atoms with Crippen molar-refractivity contribution in [2.45, 2.75) is 12.6 Å². The lowest BCUT2D eigenvalue weighted by Gasteiger charge is -2.33. The minimum Gasteiger partial charge on any atom is -0.483 e. The van der Waals surface area contributed by atoms with E-state index in [4.69, 9.17) is 20.9 Å². The van der Waals surface area contributed by atoms with Crippen molar-refractivity contribution in [3.8, 4) is 5.75 Å². The monoisotopic (exact) mass is 293 g/mol. The third-order valence-corrected chi connectivity index (χ3v) is 3.32. The van der Waals surface area contributed by atoms with E-state index in [9.17, 15) is 9.59 Å². The molecule has 0 saturated carbocycles. The molecule has 0 bridgehead atoms. The van der Waals surface area contributed by atoms with E-state index in [2.05, 4.69) is 0 Å². The van der Waals surface area contributed by atoms with Crippen molar-refractivity contribution in [2.24, 2.45) is 11.5 Å². The molecule has 7 heteroatoms. The van der Waals surface area contributed by atoms with Gasteiger partial charge in [-0.05, 0) is 6.07 Å². The fraction of sp³-hybridized carbons (Fsp3) is 0.429. The first-order valence-corrected chi connectivity index (χ1v) is 6.70. The molecule has 1 aromatic rings. The summed E-state index contributed by atoms with van der Waals surface area (Å²) in [7, 11) is 0. The SMILES string of the molecule is NCc1ccccc1OCC(=O)N1CCOCC1C(N)=O. The number of primary amides is 1. The van der Waals surface area contributed by atoms with Crippen molar-refractivity contribution in [3.63, 3.8) is 0 Å². The molecule has 1 aliphatic heterocycles. The normalized spacial score (nSPS) is 18.3. The Morgan fingerprint density at radius 2 is 2.14 bits per heavy atom. The smallest absolute Gasteiger partial charge is 0.261 e. The highest BCUT2D eigenvalue weighted by Gasteiger charge is 2.31. The number of benzene rings is 1. The highest BCUT2D eigenvalue weighted by atomic mass is 16.5. The first-order chi connectivity index (χ1) is 10.1. The van der Waals surface area contributed by atoms with Gasteiger partial charge >= 0.3 is 0 Å². The molecule has 1 saturated heterocycles. The number of nitrogens with zero attached hydrogens (tertiary/aromatic N) is 1. The van der Waals surface area contributed by atoms with Crippen molar-refractivity contribution in [1.29, 1.82) is 0 Å². The van der Waals surface area contributed by atoms with Crippen LogP contribution >= 0.6 is 0 Å². The maximum Gasteiger partial charge on any atom is 0.261 e. The highest BCUT2D eigenvalue weighted by Crippen LogP contribution is 2.17. The second kappa shape index (κ2) is 7.05. The molecular weight excluding hydrogens is 274 g/mol. The number of hydrogen-bond donors (Lipinski definition) is 2. The van der Waals surface area contributed by atoms with Gasteiger partial charge in [-0.1, -0.05) is 18.2 Å². The number of hydrogen-bond acceptors (Lipinski definition) is 5. The molecule has 1 aliphatic rings. The van der Waals surface area contributed by atoms with Crippen molar-refractivity contribution in [2.75, 3.05) is 26.4 Å². The van der Waals surface area contributed by atoms with Gasteiger partial charge in [-0.2, -0.15) is 0 Å². The number of carbonyl (C=O) groups is 2. The van der Waals surface area contributed by atoms with Gasteiger partial charge in [0.25, 0.3) is 5.91 Å². The van der Waals surface area contributed by atoms with Crippen LogP contribution in [0.1, 0.15) is 5.56 Å². The van der Waals surface area contributed by atoms with E-state index in [0.29, 0.717) is 25.4 Å². The van der Waals surface area contributed by atoms with E-state index in [0.717, 1.165) is 5.56 Å². The summed E-state index contributed by atoms with van der Waals surface area (Å²) in [5.74, 6) is -0.309. The molecule has 0 spiro atoms. The van der Waals surface area contributed by atoms with Crippen LogP contribution in [-0.4, -0.2) is 49.1 Å². The van der Waals surface area contributed by atoms with Crippen molar-refractivity contribution in [3.05, 3.63) is 29.8 Å². The second-order valence-electron chi connectivity index (χ2n) is 4.68. The summed E-state index contributed by atoms with van der Waals surface area (Å²) in [6.45, 7) is 0.996. The molecule has 2 amide bonds. The predicted molar refractivity (Wildman–Crippen MR) is 75.3 cm³/mol. The Kier molecular flexibility index (Phi) is 5.13. The minimum atomic E-state index is -0.736. The van der Waals surface area contributed by atoms with Gasteiger partial charge in [0.15, 0.2) is 6.61 Å². The Bertz CT molecular complexity index is 521. The predicted octanol–water partition coefficient (Wildman–Crippen LogP) is -0.763. The number of nitrogens with two attached hydrogens (primary N) is 2. The number of morpholine rings is 1. The van der Waals surface area contributed by atoms with E-state index < -0.39 is 11.9 Å². The Morgan fingerprint density at radius 3 is 2.86 bits per heavy atom. The average molecular weight is 293 g/mol. The van der Waals surface area contributed by atoms with Gasteiger partial charge in [-0.15, -0.1) is 0 Å². The molecule has 1 unspecified atom stereocenters. The van der Waals surface area contributed by atoms with E-state index in [1.807, 2.05) is 12.1 Å². The molecule has 7 nitrogen and oxygen atoms in total. The van der Waals surface area contributed by atoms with E-state index >= 15 is 0 Å². The summed E-state index contributed by atoms with van der Waals surface area (Å²) in [6, 6.07) is 6.50. The first-order valence-electron chi connectivity index (χ1n) is 6.70. The van der Waals surface area contributed by atoms with E-state index in [1.54, 1.807) is 12.1 Å². The summed E-state index contributed by atoms with van der Waals surface area (Å²) < 4.78 is 10.7. The van der Waals surface area contributed by atoms with Gasteiger partial charge in [0, 0.05) is 18.7 Å². The van der Waals surface area contributed by atoms with Crippen LogP contribution in [0.2, 0.25) is 0 Å². The Morgan fingerprint density at radius 1 is 1.38 bits per heavy atom. The lowest BCUT2D eigenvalue weighted by Crippen LogP contribution is -2.55. The maximum absolute atomic E-state index is 12.2. The average Bonchev–Trinajstić information content (AvgIpc) is 2.52. The lowest BCUT2D eigenvalue weighted by molar-refractivity contribution is -0.148. The molecular formula is C14H19N3O4. The maximum atomic E-state index is 12.2. The first kappa shape index (κ1) is 15.3. The fourth-order valence-corrected chi connectivity index (χ4v) is 2.17. The zero-order chi connectivity index (χ0) is 15.2. The van der Waals surface area contributed by atoms with Gasteiger partial charge < -0.3 is 25.8 Å². The van der Waals surface area contributed by atoms with Crippen LogP contribution in [0.15, 0.2) is 24.3 Å². The molecule has 21 heavy (non-hydrogen) atoms. The van der Waals surface area contributed by atoms with Crippen molar-refractivity contribution >= 4 is 11.8 Å². The largest absolute Gasteiger partial charge is 0.483 e. The summed E-state index contributed by atoms with van der Waals surface area (Å²) in [6.07, 6.45) is 0. The summed E-state index contributed by atoms with van der Waals surface area (Å²) in [5.41, 5.74) is 11.7. The van der Waals surface area contributed by atoms with Crippen LogP contribution in [0.5, 0.6) is 5.75 Å². The summed E-state index contributed by atoms with van der Waals surface area (Å²) in [5, 5.41) is 0. The molecule has 1 heterocycles. The van der Waals surface area contributed by atoms with E-state index in [1.165, 1.54) is 4.90 Å². The molecule has 4 N–H and O–H groups in total. The van der Waals surface area contributed by atoms with Crippen LogP contribution in [-0.2, 0) is 20.9 Å². The lowest BCUT2D eigenvalue weighted by atomic mass is 10.2. The highest BCUT2D eigenvalue weighted by molar-refractivity contribution is 5.87. The number of ether oxygens (including phenoxy) is 2. The minimum absolute atomic E-state index is 0.125. The standard InChI is InChI=1S/C14H19N3O4/c15-7-10-3-1-2-4-12(10)21-9-13(18)17-5-6-20-8-11(17)14(16)19/h1-4,11H,5-9,15H2,(H2,16,19). The fourth-order valence-electron chi connectivity index (χ4n) is 2.17. The summed E-state index contributed by atoms with van der Waals surface area (Å²) >= 11 is 0. The quantitative estimate of drug-likeness (QED) is 0.741. The van der Waals surface area contributed by atoms with Gasteiger partial charge in [-0.25, -0.2) is 0 Å². The molecule has 0 aliphatic carbocycles. The van der Waals surface area contributed by atoms with Crippen LogP contribution in [0.4, 0.5) is 0 Å².